The van der Waals surface area contributed by atoms with E-state index in [9.17, 15) is 9.59 Å². The van der Waals surface area contributed by atoms with Crippen LogP contribution in [0.15, 0.2) is 17.5 Å². The van der Waals surface area contributed by atoms with Crippen LogP contribution in [0.25, 0.3) is 6.08 Å². The minimum absolute atomic E-state index is 0.0296. The van der Waals surface area contributed by atoms with Crippen LogP contribution in [0.4, 0.5) is 0 Å². The van der Waals surface area contributed by atoms with Gasteiger partial charge in [-0.25, -0.2) is 4.79 Å². The van der Waals surface area contributed by atoms with Crippen molar-refractivity contribution in [3.05, 3.63) is 28.0 Å². The zero-order chi connectivity index (χ0) is 12.8. The Balaban J connectivity index is 2.74. The van der Waals surface area contributed by atoms with Crippen molar-refractivity contribution in [1.29, 1.82) is 0 Å². The number of nitrogens with zero attached hydrogens (tertiary/aromatic N) is 1. The van der Waals surface area contributed by atoms with Crippen molar-refractivity contribution < 1.29 is 14.7 Å². The van der Waals surface area contributed by atoms with Gasteiger partial charge in [0, 0.05) is 29.9 Å². The predicted octanol–water partition coefficient (Wildman–Crippen LogP) is 2.33. The van der Waals surface area contributed by atoms with Crippen LogP contribution < -0.4 is 0 Å². The summed E-state index contributed by atoms with van der Waals surface area (Å²) in [5.74, 6) is -1.02. The van der Waals surface area contributed by atoms with Crippen molar-refractivity contribution in [2.45, 2.75) is 13.3 Å². The second kappa shape index (κ2) is 6.20. The number of carbonyl (C=O) groups excluding carboxylic acids is 1. The second-order valence-electron chi connectivity index (χ2n) is 3.64. The zero-order valence-corrected chi connectivity index (χ0v) is 10.7. The van der Waals surface area contributed by atoms with Gasteiger partial charge < -0.3 is 10.0 Å². The summed E-state index contributed by atoms with van der Waals surface area (Å²) in [6.07, 6.45) is 3.47. The maximum atomic E-state index is 11.9. The molecule has 0 aromatic carbocycles. The highest BCUT2D eigenvalue weighted by molar-refractivity contribution is 7.11. The monoisotopic (exact) mass is 253 g/mol. The van der Waals surface area contributed by atoms with Crippen molar-refractivity contribution >= 4 is 29.3 Å². The van der Waals surface area contributed by atoms with Crippen LogP contribution in [0.5, 0.6) is 0 Å². The lowest BCUT2D eigenvalue weighted by molar-refractivity contribution is -0.131. The fourth-order valence-electron chi connectivity index (χ4n) is 1.36. The molecule has 4 nitrogen and oxygen atoms in total. The molecule has 0 fully saturated rings. The summed E-state index contributed by atoms with van der Waals surface area (Å²) in [4.78, 5) is 24.7. The van der Waals surface area contributed by atoms with E-state index in [1.165, 1.54) is 17.4 Å². The molecule has 0 radical (unpaired) electrons. The minimum atomic E-state index is -0.991. The first-order valence-electron chi connectivity index (χ1n) is 5.29. The largest absolute Gasteiger partial charge is 0.478 e. The summed E-state index contributed by atoms with van der Waals surface area (Å²) in [7, 11) is 1.76. The Bertz CT molecular complexity index is 437. The van der Waals surface area contributed by atoms with Gasteiger partial charge in [0.25, 0.3) is 5.91 Å². The molecule has 0 aliphatic heterocycles. The van der Waals surface area contributed by atoms with E-state index < -0.39 is 5.97 Å². The molecule has 1 rings (SSSR count). The molecule has 1 N–H and O–H groups in total. The maximum Gasteiger partial charge on any atom is 0.328 e. The van der Waals surface area contributed by atoms with E-state index in [2.05, 4.69) is 0 Å². The van der Waals surface area contributed by atoms with Gasteiger partial charge in [-0.3, -0.25) is 4.79 Å². The summed E-state index contributed by atoms with van der Waals surface area (Å²) in [6, 6.07) is 1.71. The maximum absolute atomic E-state index is 11.9. The molecule has 0 atom stereocenters. The predicted molar refractivity (Wildman–Crippen MR) is 68.2 cm³/mol. The topological polar surface area (TPSA) is 57.6 Å². The average molecular weight is 253 g/mol. The molecule has 5 heteroatoms. The van der Waals surface area contributed by atoms with Gasteiger partial charge in [0.15, 0.2) is 0 Å². The molecule has 0 aliphatic rings. The lowest BCUT2D eigenvalue weighted by atomic mass is 10.2. The molecule has 0 unspecified atom stereocenters. The number of carbonyl (C=O) groups is 2. The van der Waals surface area contributed by atoms with E-state index >= 15 is 0 Å². The molecular weight excluding hydrogens is 238 g/mol. The van der Waals surface area contributed by atoms with Crippen LogP contribution in [0, 0.1) is 0 Å². The number of rotatable bonds is 5. The van der Waals surface area contributed by atoms with Crippen molar-refractivity contribution in [3.63, 3.8) is 0 Å². The fourth-order valence-corrected chi connectivity index (χ4v) is 2.14. The van der Waals surface area contributed by atoms with Gasteiger partial charge in [-0.2, -0.15) is 0 Å². The Morgan fingerprint density at radius 2 is 2.24 bits per heavy atom. The van der Waals surface area contributed by atoms with E-state index in [0.29, 0.717) is 5.56 Å². The lowest BCUT2D eigenvalue weighted by Gasteiger charge is -2.14. The van der Waals surface area contributed by atoms with Crippen molar-refractivity contribution in [2.24, 2.45) is 0 Å². The minimum Gasteiger partial charge on any atom is -0.478 e. The molecule has 1 heterocycles. The summed E-state index contributed by atoms with van der Waals surface area (Å²) in [5.41, 5.74) is 0.607. The third kappa shape index (κ3) is 4.03. The van der Waals surface area contributed by atoms with Crippen LogP contribution in [-0.2, 0) is 4.79 Å². The van der Waals surface area contributed by atoms with Crippen molar-refractivity contribution in [2.75, 3.05) is 13.6 Å². The number of hydrogen-bond acceptors (Lipinski definition) is 3. The zero-order valence-electron chi connectivity index (χ0n) is 9.84. The van der Waals surface area contributed by atoms with E-state index in [0.717, 1.165) is 23.9 Å². The van der Waals surface area contributed by atoms with Crippen molar-refractivity contribution in [3.8, 4) is 0 Å². The van der Waals surface area contributed by atoms with Crippen LogP contribution in [0.3, 0.4) is 0 Å². The molecule has 92 valence electrons. The summed E-state index contributed by atoms with van der Waals surface area (Å²) in [6.45, 7) is 2.73. The van der Waals surface area contributed by atoms with Crippen molar-refractivity contribution in [1.82, 2.24) is 4.90 Å². The third-order valence-corrected chi connectivity index (χ3v) is 3.06. The highest BCUT2D eigenvalue weighted by atomic mass is 32.1. The van der Waals surface area contributed by atoms with Crippen LogP contribution >= 0.6 is 11.3 Å². The first-order valence-corrected chi connectivity index (χ1v) is 6.17. The van der Waals surface area contributed by atoms with Gasteiger partial charge >= 0.3 is 5.97 Å². The Labute approximate surface area is 104 Å². The van der Waals surface area contributed by atoms with Gasteiger partial charge in [0.05, 0.1) is 5.56 Å². The Hall–Kier alpha value is -1.62. The number of thiophene rings is 1. The number of carboxylic acid groups (broad SMARTS) is 1. The van der Waals surface area contributed by atoms with Gasteiger partial charge in [-0.15, -0.1) is 11.3 Å². The highest BCUT2D eigenvalue weighted by Crippen LogP contribution is 2.17. The summed E-state index contributed by atoms with van der Waals surface area (Å²) < 4.78 is 0. The van der Waals surface area contributed by atoms with E-state index in [4.69, 9.17) is 5.11 Å². The van der Waals surface area contributed by atoms with Crippen LogP contribution in [-0.4, -0.2) is 35.5 Å². The van der Waals surface area contributed by atoms with Crippen LogP contribution in [0.2, 0.25) is 0 Å². The quantitative estimate of drug-likeness (QED) is 0.819. The van der Waals surface area contributed by atoms with E-state index in [1.54, 1.807) is 23.4 Å². The molecule has 1 aromatic rings. The highest BCUT2D eigenvalue weighted by Gasteiger charge is 2.12. The van der Waals surface area contributed by atoms with Crippen LogP contribution in [0.1, 0.15) is 28.6 Å². The number of aliphatic carboxylic acids is 1. The molecule has 1 aromatic heterocycles. The Morgan fingerprint density at radius 3 is 2.82 bits per heavy atom. The van der Waals surface area contributed by atoms with Gasteiger partial charge in [0.1, 0.15) is 0 Å². The van der Waals surface area contributed by atoms with Gasteiger partial charge in [0.2, 0.25) is 0 Å². The fraction of sp³-hybridized carbons (Fsp3) is 0.333. The average Bonchev–Trinajstić information content (AvgIpc) is 2.74. The molecular formula is C12H15NO3S. The molecule has 0 saturated heterocycles. The standard InChI is InChI=1S/C12H15NO3S/c1-3-6-13(2)12(16)9-7-10(17-8-9)4-5-11(14)15/h4-5,7-8H,3,6H2,1-2H3,(H,14,15). The first-order chi connectivity index (χ1) is 8.04. The number of amides is 1. The summed E-state index contributed by atoms with van der Waals surface area (Å²) in [5, 5.41) is 10.2. The molecule has 0 spiro atoms. The first kappa shape index (κ1) is 13.4. The number of hydrogen-bond donors (Lipinski definition) is 1. The third-order valence-electron chi connectivity index (χ3n) is 2.16. The molecule has 0 saturated carbocycles. The summed E-state index contributed by atoms with van der Waals surface area (Å²) >= 11 is 1.36. The lowest BCUT2D eigenvalue weighted by Crippen LogP contribution is -2.26. The molecule has 0 aliphatic carbocycles. The Kier molecular flexibility index (Phi) is 4.90. The van der Waals surface area contributed by atoms with E-state index in [-0.39, 0.29) is 5.91 Å². The second-order valence-corrected chi connectivity index (χ2v) is 4.58. The normalized spacial score (nSPS) is 10.7. The van der Waals surface area contributed by atoms with Gasteiger partial charge in [-0.1, -0.05) is 6.92 Å². The SMILES string of the molecule is CCCN(C)C(=O)c1csc(C=CC(=O)O)c1. The van der Waals surface area contributed by atoms with E-state index in [1.807, 2.05) is 6.92 Å². The molecule has 1 amide bonds. The van der Waals surface area contributed by atoms with Gasteiger partial charge in [-0.05, 0) is 18.6 Å². The number of carboxylic acids is 1. The Morgan fingerprint density at radius 1 is 1.53 bits per heavy atom. The smallest absolute Gasteiger partial charge is 0.328 e. The molecule has 17 heavy (non-hydrogen) atoms. The molecule has 0 bridgehead atoms.